The standard InChI is InChI=1S/C26H31N5O2/c1-16(22-4-3-13-28-30-22)31-23(32)26(29-24(31)27)21-14-18(17-5-6-17)7-8-19(21)15-25(26)11-9-20(33-2)10-12-25/h3-4,7-8,13-14,16-17,20H,5-6,9-12,15H2,1-2H3,(H2,27,29). The van der Waals surface area contributed by atoms with Crippen LogP contribution in [-0.2, 0) is 21.5 Å². The lowest BCUT2D eigenvalue weighted by Crippen LogP contribution is -2.52. The first-order valence-corrected chi connectivity index (χ1v) is 12.1. The van der Waals surface area contributed by atoms with E-state index < -0.39 is 5.54 Å². The van der Waals surface area contributed by atoms with Gasteiger partial charge in [-0.05, 0) is 86.6 Å². The SMILES string of the molecule is COC1CCC2(CC1)Cc1ccc(C3CC3)cc1C21N=C(N)N(C(C)c2cccnn2)C1=O. The Morgan fingerprint density at radius 1 is 1.18 bits per heavy atom. The number of amides is 1. The number of aliphatic imine (C=N–C) groups is 1. The molecule has 4 aliphatic rings. The number of aromatic nitrogens is 2. The summed E-state index contributed by atoms with van der Waals surface area (Å²) in [6.45, 7) is 1.95. The van der Waals surface area contributed by atoms with Crippen molar-refractivity contribution in [3.63, 3.8) is 0 Å². The van der Waals surface area contributed by atoms with Crippen molar-refractivity contribution in [2.24, 2.45) is 16.1 Å². The maximum atomic E-state index is 14.5. The van der Waals surface area contributed by atoms with Gasteiger partial charge in [-0.1, -0.05) is 18.2 Å². The van der Waals surface area contributed by atoms with Gasteiger partial charge in [0, 0.05) is 18.7 Å². The van der Waals surface area contributed by atoms with Gasteiger partial charge in [0.1, 0.15) is 0 Å². The number of carbonyl (C=O) groups excluding carboxylic acids is 1. The number of hydrogen-bond donors (Lipinski definition) is 1. The van der Waals surface area contributed by atoms with Crippen molar-refractivity contribution in [2.45, 2.75) is 75.5 Å². The van der Waals surface area contributed by atoms with E-state index >= 15 is 0 Å². The molecule has 0 bridgehead atoms. The van der Waals surface area contributed by atoms with E-state index in [0.29, 0.717) is 11.6 Å². The summed E-state index contributed by atoms with van der Waals surface area (Å²) >= 11 is 0. The van der Waals surface area contributed by atoms with Crippen molar-refractivity contribution in [1.29, 1.82) is 0 Å². The van der Waals surface area contributed by atoms with Gasteiger partial charge in [-0.15, -0.1) is 0 Å². The number of methoxy groups -OCH3 is 1. The van der Waals surface area contributed by atoms with Crippen LogP contribution < -0.4 is 5.73 Å². The fourth-order valence-corrected chi connectivity index (χ4v) is 6.57. The largest absolute Gasteiger partial charge is 0.381 e. The predicted octanol–water partition coefficient (Wildman–Crippen LogP) is 3.60. The van der Waals surface area contributed by atoms with Crippen molar-refractivity contribution in [3.05, 3.63) is 58.9 Å². The molecule has 0 radical (unpaired) electrons. The van der Waals surface area contributed by atoms with Gasteiger partial charge in [-0.2, -0.15) is 10.2 Å². The molecule has 0 saturated heterocycles. The van der Waals surface area contributed by atoms with Crippen LogP contribution in [0.2, 0.25) is 0 Å². The van der Waals surface area contributed by atoms with Crippen LogP contribution in [0.1, 0.15) is 79.8 Å². The van der Waals surface area contributed by atoms with Gasteiger partial charge < -0.3 is 10.5 Å². The molecule has 6 rings (SSSR count). The minimum absolute atomic E-state index is 0.0132. The quantitative estimate of drug-likeness (QED) is 0.776. The summed E-state index contributed by atoms with van der Waals surface area (Å²) in [6, 6.07) is 10.2. The maximum Gasteiger partial charge on any atom is 0.263 e. The van der Waals surface area contributed by atoms with Crippen LogP contribution in [0.3, 0.4) is 0 Å². The molecule has 172 valence electrons. The first-order chi connectivity index (χ1) is 16.0. The fraction of sp³-hybridized carbons (Fsp3) is 0.538. The van der Waals surface area contributed by atoms with Crippen LogP contribution in [0.5, 0.6) is 0 Å². The molecule has 3 aliphatic carbocycles. The molecule has 2 saturated carbocycles. The molecule has 7 nitrogen and oxygen atoms in total. The maximum absolute atomic E-state index is 14.5. The summed E-state index contributed by atoms with van der Waals surface area (Å²) in [7, 11) is 1.78. The smallest absolute Gasteiger partial charge is 0.263 e. The molecule has 2 aromatic rings. The van der Waals surface area contributed by atoms with E-state index in [1.54, 1.807) is 18.2 Å². The lowest BCUT2D eigenvalue weighted by molar-refractivity contribution is -0.139. The van der Waals surface area contributed by atoms with Gasteiger partial charge >= 0.3 is 0 Å². The molecular weight excluding hydrogens is 414 g/mol. The number of nitrogens with zero attached hydrogens (tertiary/aromatic N) is 4. The molecule has 2 atom stereocenters. The zero-order valence-corrected chi connectivity index (χ0v) is 19.3. The second kappa shape index (κ2) is 7.35. The van der Waals surface area contributed by atoms with E-state index in [0.717, 1.165) is 37.7 Å². The van der Waals surface area contributed by atoms with E-state index in [1.165, 1.54) is 24.0 Å². The summed E-state index contributed by atoms with van der Waals surface area (Å²) in [5, 5.41) is 8.26. The summed E-state index contributed by atoms with van der Waals surface area (Å²) in [5.74, 6) is 0.886. The molecule has 1 aliphatic heterocycles. The van der Waals surface area contributed by atoms with Gasteiger partial charge in [0.15, 0.2) is 11.5 Å². The van der Waals surface area contributed by atoms with Gasteiger partial charge in [0.2, 0.25) is 0 Å². The average molecular weight is 446 g/mol. The Kier molecular flexibility index (Phi) is 4.63. The van der Waals surface area contributed by atoms with Gasteiger partial charge in [-0.25, -0.2) is 4.99 Å². The first kappa shape index (κ1) is 20.8. The van der Waals surface area contributed by atoms with Crippen LogP contribution >= 0.6 is 0 Å². The van der Waals surface area contributed by atoms with Crippen LogP contribution in [0, 0.1) is 5.41 Å². The number of carbonyl (C=O) groups is 1. The Balaban J connectivity index is 1.47. The van der Waals surface area contributed by atoms with E-state index in [1.807, 2.05) is 19.1 Å². The van der Waals surface area contributed by atoms with Crippen LogP contribution in [0.15, 0.2) is 41.5 Å². The van der Waals surface area contributed by atoms with Crippen molar-refractivity contribution in [1.82, 2.24) is 15.1 Å². The highest BCUT2D eigenvalue weighted by atomic mass is 16.5. The summed E-state index contributed by atoms with van der Waals surface area (Å²) < 4.78 is 5.67. The third-order valence-electron chi connectivity index (χ3n) is 8.56. The molecule has 2 unspecified atom stereocenters. The highest BCUT2D eigenvalue weighted by molar-refractivity contribution is 6.08. The van der Waals surface area contributed by atoms with Gasteiger partial charge in [-0.3, -0.25) is 9.69 Å². The van der Waals surface area contributed by atoms with E-state index in [2.05, 4.69) is 28.4 Å². The predicted molar refractivity (Wildman–Crippen MR) is 124 cm³/mol. The zero-order chi connectivity index (χ0) is 22.8. The third-order valence-corrected chi connectivity index (χ3v) is 8.56. The minimum atomic E-state index is -0.966. The van der Waals surface area contributed by atoms with Crippen molar-refractivity contribution >= 4 is 11.9 Å². The lowest BCUT2D eigenvalue weighted by Gasteiger charge is -2.45. The number of fused-ring (bicyclic) bond motifs is 3. The highest BCUT2D eigenvalue weighted by Gasteiger charge is 2.67. The molecular formula is C26H31N5O2. The molecule has 1 aromatic carbocycles. The molecule has 2 heterocycles. The number of nitrogens with two attached hydrogens (primary N) is 1. The minimum Gasteiger partial charge on any atom is -0.381 e. The van der Waals surface area contributed by atoms with E-state index in [9.17, 15) is 4.79 Å². The number of ether oxygens (including phenoxy) is 1. The molecule has 2 N–H and O–H groups in total. The topological polar surface area (TPSA) is 93.7 Å². The third kappa shape index (κ3) is 2.91. The first-order valence-electron chi connectivity index (χ1n) is 12.1. The summed E-state index contributed by atoms with van der Waals surface area (Å²) in [6.07, 6.45) is 8.85. The van der Waals surface area contributed by atoms with Gasteiger partial charge in [0.05, 0.1) is 17.8 Å². The second-order valence-electron chi connectivity index (χ2n) is 10.3. The second-order valence-corrected chi connectivity index (χ2v) is 10.3. The van der Waals surface area contributed by atoms with Crippen LogP contribution in [0.4, 0.5) is 0 Å². The van der Waals surface area contributed by atoms with Crippen molar-refractivity contribution in [3.8, 4) is 0 Å². The number of hydrogen-bond acceptors (Lipinski definition) is 6. The van der Waals surface area contributed by atoms with Crippen molar-refractivity contribution in [2.75, 3.05) is 7.11 Å². The fourth-order valence-electron chi connectivity index (χ4n) is 6.57. The summed E-state index contributed by atoms with van der Waals surface area (Å²) in [4.78, 5) is 21.3. The van der Waals surface area contributed by atoms with E-state index in [-0.39, 0.29) is 29.4 Å². The normalized spacial score (nSPS) is 31.8. The Morgan fingerprint density at radius 3 is 2.64 bits per heavy atom. The Hall–Kier alpha value is -2.80. The molecule has 2 fully saturated rings. The van der Waals surface area contributed by atoms with E-state index in [4.69, 9.17) is 15.5 Å². The number of benzene rings is 1. The average Bonchev–Trinajstić information content (AvgIpc) is 3.61. The lowest BCUT2D eigenvalue weighted by atomic mass is 9.61. The Bertz CT molecular complexity index is 1120. The van der Waals surface area contributed by atoms with Crippen molar-refractivity contribution < 1.29 is 9.53 Å². The van der Waals surface area contributed by atoms with Crippen LogP contribution in [-0.4, -0.2) is 40.2 Å². The molecule has 33 heavy (non-hydrogen) atoms. The zero-order valence-electron chi connectivity index (χ0n) is 19.3. The molecule has 1 aromatic heterocycles. The Labute approximate surface area is 194 Å². The number of rotatable bonds is 4. The molecule has 1 amide bonds. The molecule has 7 heteroatoms. The summed E-state index contributed by atoms with van der Waals surface area (Å²) in [5.41, 5.74) is 9.68. The number of guanidine groups is 1. The van der Waals surface area contributed by atoms with Gasteiger partial charge in [0.25, 0.3) is 5.91 Å². The Morgan fingerprint density at radius 2 is 1.97 bits per heavy atom. The highest BCUT2D eigenvalue weighted by Crippen LogP contribution is 2.63. The molecule has 2 spiro atoms. The van der Waals surface area contributed by atoms with Crippen LogP contribution in [0.25, 0.3) is 0 Å². The monoisotopic (exact) mass is 445 g/mol.